The molecule has 0 aromatic rings. The summed E-state index contributed by atoms with van der Waals surface area (Å²) < 4.78 is 4.54. The predicted octanol–water partition coefficient (Wildman–Crippen LogP) is 0.947. The Kier molecular flexibility index (Phi) is 7.72. The number of ether oxygens (including phenoxy) is 1. The molecule has 0 fully saturated rings. The van der Waals surface area contributed by atoms with E-state index in [2.05, 4.69) is 21.5 Å². The normalized spacial score (nSPS) is 11.0. The van der Waals surface area contributed by atoms with Crippen molar-refractivity contribution < 1.29 is 9.53 Å². The number of carbonyl (C=O) groups is 1. The number of rotatable bonds is 7. The second kappa shape index (κ2) is 8.29. The van der Waals surface area contributed by atoms with Gasteiger partial charge in [-0.05, 0) is 20.5 Å². The topological polar surface area (TPSA) is 32.8 Å². The van der Waals surface area contributed by atoms with Crippen LogP contribution in [0.15, 0.2) is 12.3 Å². The van der Waals surface area contributed by atoms with E-state index in [9.17, 15) is 4.79 Å². The molecule has 0 N–H and O–H groups in total. The van der Waals surface area contributed by atoms with Crippen molar-refractivity contribution in [3.8, 4) is 0 Å². The van der Waals surface area contributed by atoms with Gasteiger partial charge in [0.1, 0.15) is 0 Å². The first-order chi connectivity index (χ1) is 7.10. The number of likely N-dealkylation sites (N-methyl/N-ethyl adjacent to an activating group) is 1. The van der Waals surface area contributed by atoms with Gasteiger partial charge in [0.2, 0.25) is 0 Å². The predicted molar refractivity (Wildman–Crippen MR) is 61.6 cm³/mol. The fraction of sp³-hybridized carbons (Fsp3) is 0.727. The molecule has 0 unspecified atom stereocenters. The van der Waals surface area contributed by atoms with Crippen molar-refractivity contribution in [1.29, 1.82) is 0 Å². The minimum absolute atomic E-state index is 0.305. The third kappa shape index (κ3) is 8.00. The third-order valence-corrected chi connectivity index (χ3v) is 1.97. The molecule has 0 saturated carbocycles. The Morgan fingerprint density at radius 3 is 2.40 bits per heavy atom. The van der Waals surface area contributed by atoms with E-state index in [1.165, 1.54) is 13.2 Å². The van der Waals surface area contributed by atoms with Gasteiger partial charge in [-0.25, -0.2) is 4.79 Å². The summed E-state index contributed by atoms with van der Waals surface area (Å²) in [5, 5.41) is 0. The largest absolute Gasteiger partial charge is 0.466 e. The summed E-state index contributed by atoms with van der Waals surface area (Å²) >= 11 is 0. The molecule has 4 nitrogen and oxygen atoms in total. The molecule has 0 aromatic heterocycles. The van der Waals surface area contributed by atoms with Crippen LogP contribution in [0.4, 0.5) is 0 Å². The fourth-order valence-electron chi connectivity index (χ4n) is 1.11. The van der Waals surface area contributed by atoms with Crippen LogP contribution < -0.4 is 0 Å². The molecule has 0 aliphatic rings. The molecule has 4 heteroatoms. The van der Waals surface area contributed by atoms with E-state index >= 15 is 0 Å². The van der Waals surface area contributed by atoms with Gasteiger partial charge >= 0.3 is 5.97 Å². The first kappa shape index (κ1) is 14.0. The lowest BCUT2D eigenvalue weighted by Crippen LogP contribution is -2.28. The van der Waals surface area contributed by atoms with Crippen LogP contribution in [-0.4, -0.2) is 56.6 Å². The maximum absolute atomic E-state index is 10.9. The van der Waals surface area contributed by atoms with Crippen molar-refractivity contribution in [1.82, 2.24) is 9.80 Å². The van der Waals surface area contributed by atoms with Crippen LogP contribution >= 0.6 is 0 Å². The van der Waals surface area contributed by atoms with Gasteiger partial charge in [-0.2, -0.15) is 0 Å². The van der Waals surface area contributed by atoms with Crippen LogP contribution in [0, 0.1) is 0 Å². The summed E-state index contributed by atoms with van der Waals surface area (Å²) in [6, 6.07) is 0. The third-order valence-electron chi connectivity index (χ3n) is 1.97. The Morgan fingerprint density at radius 2 is 1.93 bits per heavy atom. The van der Waals surface area contributed by atoms with E-state index in [0.29, 0.717) is 0 Å². The smallest absolute Gasteiger partial charge is 0.331 e. The number of hydrogen-bond acceptors (Lipinski definition) is 4. The van der Waals surface area contributed by atoms with Gasteiger partial charge in [-0.15, -0.1) is 0 Å². The van der Waals surface area contributed by atoms with Crippen LogP contribution in [0.3, 0.4) is 0 Å². The lowest BCUT2D eigenvalue weighted by Gasteiger charge is -2.21. The molecular weight excluding hydrogens is 192 g/mol. The molecule has 0 aliphatic heterocycles. The van der Waals surface area contributed by atoms with Gasteiger partial charge in [0.05, 0.1) is 7.11 Å². The van der Waals surface area contributed by atoms with Crippen molar-refractivity contribution in [3.05, 3.63) is 12.3 Å². The molecule has 0 amide bonds. The van der Waals surface area contributed by atoms with E-state index < -0.39 is 0 Å². The van der Waals surface area contributed by atoms with Crippen LogP contribution in [0.2, 0.25) is 0 Å². The van der Waals surface area contributed by atoms with E-state index in [-0.39, 0.29) is 5.97 Å². The van der Waals surface area contributed by atoms with Crippen LogP contribution in [0.1, 0.15) is 13.3 Å². The quantitative estimate of drug-likeness (QED) is 0.466. The molecule has 0 aromatic carbocycles. The fourth-order valence-corrected chi connectivity index (χ4v) is 1.11. The van der Waals surface area contributed by atoms with Gasteiger partial charge in [0.25, 0.3) is 0 Å². The Balaban J connectivity index is 4.02. The Labute approximate surface area is 92.5 Å². The molecule has 0 aliphatic carbocycles. The zero-order valence-corrected chi connectivity index (χ0v) is 10.2. The minimum Gasteiger partial charge on any atom is -0.466 e. The maximum atomic E-state index is 10.9. The Hall–Kier alpha value is -1.03. The summed E-state index contributed by atoms with van der Waals surface area (Å²) in [6.07, 6.45) is 4.34. The Bertz CT molecular complexity index is 203. The van der Waals surface area contributed by atoms with Crippen molar-refractivity contribution in [3.63, 3.8) is 0 Å². The molecule has 0 heterocycles. The van der Waals surface area contributed by atoms with Crippen molar-refractivity contribution in [2.75, 3.05) is 40.8 Å². The molecule has 0 atom stereocenters. The minimum atomic E-state index is -0.305. The second-order valence-electron chi connectivity index (χ2n) is 3.68. The highest BCUT2D eigenvalue weighted by molar-refractivity contribution is 5.81. The average molecular weight is 214 g/mol. The second-order valence-corrected chi connectivity index (χ2v) is 3.68. The summed E-state index contributed by atoms with van der Waals surface area (Å²) in [5.74, 6) is -0.305. The number of esters is 1. The van der Waals surface area contributed by atoms with Crippen LogP contribution in [0.25, 0.3) is 0 Å². The molecule has 88 valence electrons. The van der Waals surface area contributed by atoms with Crippen LogP contribution in [0.5, 0.6) is 0 Å². The summed E-state index contributed by atoms with van der Waals surface area (Å²) in [7, 11) is 5.46. The monoisotopic (exact) mass is 214 g/mol. The SMILES string of the molecule is CCCN(C=CC(=O)OC)CCN(C)C. The molecule has 0 spiro atoms. The van der Waals surface area contributed by atoms with Crippen molar-refractivity contribution in [2.24, 2.45) is 0 Å². The lowest BCUT2D eigenvalue weighted by molar-refractivity contribution is -0.134. The number of carbonyl (C=O) groups excluding carboxylic acids is 1. The first-order valence-corrected chi connectivity index (χ1v) is 5.25. The molecular formula is C11H22N2O2. The number of methoxy groups -OCH3 is 1. The highest BCUT2D eigenvalue weighted by Gasteiger charge is 2.00. The zero-order chi connectivity index (χ0) is 11.7. The molecule has 15 heavy (non-hydrogen) atoms. The zero-order valence-electron chi connectivity index (χ0n) is 10.2. The van der Waals surface area contributed by atoms with E-state index in [0.717, 1.165) is 26.1 Å². The summed E-state index contributed by atoms with van der Waals surface area (Å²) in [6.45, 7) is 4.98. The number of nitrogens with zero attached hydrogens (tertiary/aromatic N) is 2. The van der Waals surface area contributed by atoms with Gasteiger partial charge in [-0.3, -0.25) is 0 Å². The molecule has 0 rings (SSSR count). The van der Waals surface area contributed by atoms with E-state index in [1.807, 2.05) is 14.1 Å². The Morgan fingerprint density at radius 1 is 1.27 bits per heavy atom. The van der Waals surface area contributed by atoms with Gasteiger partial charge in [0, 0.05) is 31.9 Å². The number of hydrogen-bond donors (Lipinski definition) is 0. The standard InChI is InChI=1S/C11H22N2O2/c1-5-7-13(10-9-12(2)3)8-6-11(14)15-4/h6,8H,5,7,9-10H2,1-4H3. The lowest BCUT2D eigenvalue weighted by atomic mass is 10.4. The molecule has 0 radical (unpaired) electrons. The van der Waals surface area contributed by atoms with E-state index in [1.54, 1.807) is 6.20 Å². The highest BCUT2D eigenvalue weighted by Crippen LogP contribution is 1.94. The van der Waals surface area contributed by atoms with Crippen molar-refractivity contribution >= 4 is 5.97 Å². The summed E-state index contributed by atoms with van der Waals surface area (Å²) in [5.41, 5.74) is 0. The van der Waals surface area contributed by atoms with Gasteiger partial charge < -0.3 is 14.5 Å². The molecule has 0 bridgehead atoms. The van der Waals surface area contributed by atoms with Crippen LogP contribution in [-0.2, 0) is 9.53 Å². The maximum Gasteiger partial charge on any atom is 0.331 e. The van der Waals surface area contributed by atoms with Gasteiger partial charge in [-0.1, -0.05) is 6.92 Å². The van der Waals surface area contributed by atoms with Gasteiger partial charge in [0.15, 0.2) is 0 Å². The first-order valence-electron chi connectivity index (χ1n) is 5.25. The highest BCUT2D eigenvalue weighted by atomic mass is 16.5. The summed E-state index contributed by atoms with van der Waals surface area (Å²) in [4.78, 5) is 15.2. The molecule has 0 saturated heterocycles. The van der Waals surface area contributed by atoms with E-state index in [4.69, 9.17) is 0 Å². The average Bonchev–Trinajstić information content (AvgIpc) is 2.21. The van der Waals surface area contributed by atoms with Crippen molar-refractivity contribution in [2.45, 2.75) is 13.3 Å².